The molecule has 0 aliphatic rings. The molecule has 0 aliphatic heterocycles. The van der Waals surface area contributed by atoms with Crippen molar-refractivity contribution in [3.63, 3.8) is 0 Å². The maximum atomic E-state index is 9.91. The van der Waals surface area contributed by atoms with Gasteiger partial charge in [0.25, 0.3) is 5.91 Å². The third kappa shape index (κ3) is 3.72. The summed E-state index contributed by atoms with van der Waals surface area (Å²) >= 11 is -2.17. The van der Waals surface area contributed by atoms with Crippen molar-refractivity contribution in [2.45, 2.75) is 0 Å². The van der Waals surface area contributed by atoms with Crippen LogP contribution in [0.2, 0.25) is 0 Å². The van der Waals surface area contributed by atoms with Crippen molar-refractivity contribution in [1.29, 1.82) is 0 Å². The van der Waals surface area contributed by atoms with Crippen molar-refractivity contribution < 1.29 is 18.8 Å². The van der Waals surface area contributed by atoms with Gasteiger partial charge in [0.15, 0.2) is 11.1 Å². The predicted octanol–water partition coefficient (Wildman–Crippen LogP) is -1.29. The van der Waals surface area contributed by atoms with Gasteiger partial charge in [0.05, 0.1) is 0 Å². The molecule has 0 saturated carbocycles. The molecule has 1 atom stereocenters. The summed E-state index contributed by atoms with van der Waals surface area (Å²) in [4.78, 5) is 9.91. The first-order valence-corrected chi connectivity index (χ1v) is 2.95. The third-order valence-corrected chi connectivity index (χ3v) is 0.888. The molecule has 3 N–H and O–H groups in total. The molecule has 0 fully saturated rings. The van der Waals surface area contributed by atoms with Crippen LogP contribution in [0.3, 0.4) is 0 Å². The Labute approximate surface area is 47.9 Å². The first-order valence-electron chi connectivity index (χ1n) is 1.67. The van der Waals surface area contributed by atoms with Gasteiger partial charge < -0.3 is 4.55 Å². The summed E-state index contributed by atoms with van der Waals surface area (Å²) in [6.07, 6.45) is 0. The fraction of sp³-hybridized carbons (Fsp3) is 0.500. The van der Waals surface area contributed by atoms with Crippen LogP contribution in [0.5, 0.6) is 0 Å². The van der Waals surface area contributed by atoms with E-state index in [1.165, 1.54) is 5.48 Å². The maximum Gasteiger partial charge on any atom is 0.258 e. The van der Waals surface area contributed by atoms with Crippen molar-refractivity contribution in [3.8, 4) is 0 Å². The second-order valence-corrected chi connectivity index (χ2v) is 1.93. The summed E-state index contributed by atoms with van der Waals surface area (Å²) in [7, 11) is 0. The minimum absolute atomic E-state index is 0.587. The number of rotatable bonds is 2. The molecule has 0 aliphatic carbocycles. The Bertz CT molecular complexity index is 113. The predicted molar refractivity (Wildman–Crippen MR) is 25.6 cm³/mol. The van der Waals surface area contributed by atoms with Gasteiger partial charge >= 0.3 is 0 Å². The van der Waals surface area contributed by atoms with E-state index in [0.29, 0.717) is 0 Å². The van der Waals surface area contributed by atoms with Crippen molar-refractivity contribution >= 4 is 17.0 Å². The molecule has 0 saturated heterocycles. The van der Waals surface area contributed by atoms with Crippen LogP contribution < -0.4 is 5.48 Å². The molecule has 8 heavy (non-hydrogen) atoms. The third-order valence-electron chi connectivity index (χ3n) is 0.379. The molecule has 48 valence electrons. The Morgan fingerprint density at radius 2 is 2.25 bits per heavy atom. The molecular formula is C2H5NO4S. The zero-order chi connectivity index (χ0) is 6.57. The average molecular weight is 139 g/mol. The number of carbonyl (C=O) groups is 1. The minimum atomic E-state index is -2.17. The lowest BCUT2D eigenvalue weighted by Crippen LogP contribution is -2.24. The zero-order valence-corrected chi connectivity index (χ0v) is 4.64. The molecule has 0 radical (unpaired) electrons. The van der Waals surface area contributed by atoms with Crippen molar-refractivity contribution in [3.05, 3.63) is 0 Å². The second kappa shape index (κ2) is 3.53. The fourth-order valence-corrected chi connectivity index (χ4v) is 0.433. The molecule has 0 spiro atoms. The number of hydrogen-bond donors (Lipinski definition) is 3. The van der Waals surface area contributed by atoms with Crippen LogP contribution in [-0.4, -0.2) is 25.6 Å². The summed E-state index contributed by atoms with van der Waals surface area (Å²) < 4.78 is 17.7. The molecular weight excluding hydrogens is 134 g/mol. The Hall–Kier alpha value is -0.460. The number of carbonyl (C=O) groups excluding carboxylic acids is 1. The lowest BCUT2D eigenvalue weighted by molar-refractivity contribution is -0.126. The van der Waals surface area contributed by atoms with Gasteiger partial charge in [-0.1, -0.05) is 0 Å². The van der Waals surface area contributed by atoms with Crippen molar-refractivity contribution in [2.75, 3.05) is 5.75 Å². The molecule has 1 unspecified atom stereocenters. The quantitative estimate of drug-likeness (QED) is 0.252. The molecule has 0 aromatic rings. The lowest BCUT2D eigenvalue weighted by Gasteiger charge is -1.89. The van der Waals surface area contributed by atoms with E-state index in [1.807, 2.05) is 0 Å². The molecule has 6 heteroatoms. The first-order chi connectivity index (χ1) is 3.66. The van der Waals surface area contributed by atoms with E-state index >= 15 is 0 Å². The summed E-state index contributed by atoms with van der Waals surface area (Å²) in [5.41, 5.74) is 1.20. The summed E-state index contributed by atoms with van der Waals surface area (Å²) in [6.45, 7) is 0. The van der Waals surface area contributed by atoms with Crippen LogP contribution in [0.4, 0.5) is 0 Å². The number of hydrogen-bond acceptors (Lipinski definition) is 3. The van der Waals surface area contributed by atoms with Gasteiger partial charge in [-0.3, -0.25) is 10.0 Å². The summed E-state index contributed by atoms with van der Waals surface area (Å²) in [6, 6.07) is 0. The van der Waals surface area contributed by atoms with Crippen LogP contribution in [0.25, 0.3) is 0 Å². The van der Waals surface area contributed by atoms with Crippen molar-refractivity contribution in [1.82, 2.24) is 5.48 Å². The lowest BCUT2D eigenvalue weighted by atomic mass is 10.8. The van der Waals surface area contributed by atoms with Crippen LogP contribution >= 0.6 is 0 Å². The average Bonchev–Trinajstić information content (AvgIpc) is 1.65. The highest BCUT2D eigenvalue weighted by atomic mass is 32.2. The molecule has 0 aromatic carbocycles. The van der Waals surface area contributed by atoms with Gasteiger partial charge in [-0.2, -0.15) is 0 Å². The number of hydroxylamine groups is 1. The van der Waals surface area contributed by atoms with E-state index in [9.17, 15) is 9.00 Å². The highest BCUT2D eigenvalue weighted by molar-refractivity contribution is 7.80. The molecule has 5 nitrogen and oxygen atoms in total. The van der Waals surface area contributed by atoms with Gasteiger partial charge in [-0.15, -0.1) is 0 Å². The minimum Gasteiger partial charge on any atom is -0.306 e. The van der Waals surface area contributed by atoms with E-state index in [0.717, 1.165) is 0 Å². The summed E-state index contributed by atoms with van der Waals surface area (Å²) in [5, 5.41) is 7.74. The SMILES string of the molecule is O=C(CS(=O)O)NO. The van der Waals surface area contributed by atoms with Crippen LogP contribution in [0.15, 0.2) is 0 Å². The standard InChI is InChI=1S/C2H5NO4S/c4-2(3-5)1-8(6)7/h5H,1H2,(H,3,4)(H,6,7). The fourth-order valence-electron chi connectivity index (χ4n) is 0.144. The van der Waals surface area contributed by atoms with Crippen molar-refractivity contribution in [2.24, 2.45) is 0 Å². The van der Waals surface area contributed by atoms with Crippen LogP contribution in [0, 0.1) is 0 Å². The van der Waals surface area contributed by atoms with Gasteiger partial charge in [0.2, 0.25) is 0 Å². The van der Waals surface area contributed by atoms with Crippen LogP contribution in [-0.2, 0) is 15.9 Å². The molecule has 0 aromatic heterocycles. The van der Waals surface area contributed by atoms with E-state index in [2.05, 4.69) is 0 Å². The Morgan fingerprint density at radius 1 is 1.75 bits per heavy atom. The zero-order valence-electron chi connectivity index (χ0n) is 3.83. The topological polar surface area (TPSA) is 86.6 Å². The van der Waals surface area contributed by atoms with Gasteiger partial charge in [-0.25, -0.2) is 9.69 Å². The largest absolute Gasteiger partial charge is 0.306 e. The molecule has 0 bridgehead atoms. The highest BCUT2D eigenvalue weighted by Crippen LogP contribution is 1.70. The molecule has 0 rings (SSSR count). The second-order valence-electron chi connectivity index (χ2n) is 1.00. The highest BCUT2D eigenvalue weighted by Gasteiger charge is 2.01. The van der Waals surface area contributed by atoms with E-state index in [1.54, 1.807) is 0 Å². The Morgan fingerprint density at radius 3 is 2.38 bits per heavy atom. The number of amides is 1. The van der Waals surface area contributed by atoms with Gasteiger partial charge in [0.1, 0.15) is 5.75 Å². The Kier molecular flexibility index (Phi) is 3.33. The first kappa shape index (κ1) is 7.54. The maximum absolute atomic E-state index is 9.91. The molecule has 1 amide bonds. The molecule has 0 heterocycles. The van der Waals surface area contributed by atoms with Gasteiger partial charge in [0, 0.05) is 0 Å². The van der Waals surface area contributed by atoms with E-state index in [-0.39, 0.29) is 0 Å². The monoisotopic (exact) mass is 139 g/mol. The van der Waals surface area contributed by atoms with E-state index in [4.69, 9.17) is 9.76 Å². The number of nitrogens with one attached hydrogen (secondary N) is 1. The normalized spacial score (nSPS) is 12.8. The van der Waals surface area contributed by atoms with Crippen LogP contribution in [0.1, 0.15) is 0 Å². The Balaban J connectivity index is 3.40. The van der Waals surface area contributed by atoms with E-state index < -0.39 is 22.7 Å². The smallest absolute Gasteiger partial charge is 0.258 e. The summed E-state index contributed by atoms with van der Waals surface area (Å²) in [5.74, 6) is -1.46. The van der Waals surface area contributed by atoms with Gasteiger partial charge in [-0.05, 0) is 0 Å².